The van der Waals surface area contributed by atoms with Crippen molar-refractivity contribution in [2.75, 3.05) is 39.6 Å². The van der Waals surface area contributed by atoms with Crippen molar-refractivity contribution in [3.05, 3.63) is 109 Å². The van der Waals surface area contributed by atoms with Gasteiger partial charge < -0.3 is 33.8 Å². The minimum absolute atomic E-state index is 0.0702. The first-order valence-electron chi connectivity index (χ1n) is 41.1. The van der Waals surface area contributed by atoms with Crippen molar-refractivity contribution in [1.29, 1.82) is 0 Å². The summed E-state index contributed by atoms with van der Waals surface area (Å²) < 4.78 is 68.7. The van der Waals surface area contributed by atoms with Gasteiger partial charge in [0.05, 0.1) is 26.4 Å². The molecule has 17 nitrogen and oxygen atoms in total. The second kappa shape index (κ2) is 76.9. The first kappa shape index (κ1) is 99.7. The molecule has 0 aliphatic carbocycles. The molecule has 0 rings (SSSR count). The highest BCUT2D eigenvalue weighted by Gasteiger charge is 2.30. The van der Waals surface area contributed by atoms with E-state index in [9.17, 15) is 43.2 Å². The van der Waals surface area contributed by atoms with Gasteiger partial charge in [-0.1, -0.05) is 278 Å². The Morgan fingerprint density at radius 1 is 0.279 bits per heavy atom. The van der Waals surface area contributed by atoms with Crippen molar-refractivity contribution in [2.24, 2.45) is 0 Å². The lowest BCUT2D eigenvalue weighted by Crippen LogP contribution is -2.30. The molecular formula is C85H148O17P2. The molecule has 0 aliphatic heterocycles. The Balaban J connectivity index is 5.40. The Morgan fingerprint density at radius 3 is 0.808 bits per heavy atom. The van der Waals surface area contributed by atoms with Crippen LogP contribution in [-0.4, -0.2) is 96.7 Å². The van der Waals surface area contributed by atoms with Crippen LogP contribution in [0.5, 0.6) is 0 Å². The molecule has 0 saturated heterocycles. The highest BCUT2D eigenvalue weighted by atomic mass is 31.2. The van der Waals surface area contributed by atoms with E-state index in [4.69, 9.17) is 37.0 Å². The zero-order chi connectivity index (χ0) is 76.0. The zero-order valence-electron chi connectivity index (χ0n) is 65.7. The Bertz CT molecular complexity index is 2390. The number of carbonyl (C=O) groups is 4. The van der Waals surface area contributed by atoms with Crippen molar-refractivity contribution >= 4 is 39.5 Å². The Morgan fingerprint density at radius 2 is 0.500 bits per heavy atom. The van der Waals surface area contributed by atoms with Crippen LogP contribution in [0.3, 0.4) is 0 Å². The summed E-state index contributed by atoms with van der Waals surface area (Å²) in [6, 6.07) is 0. The number of esters is 4. The molecule has 0 aliphatic rings. The quantitative estimate of drug-likeness (QED) is 0.0169. The van der Waals surface area contributed by atoms with Crippen LogP contribution in [0, 0.1) is 0 Å². The normalized spacial score (nSPS) is 14.4. The molecule has 0 bridgehead atoms. The number of aliphatic hydroxyl groups is 1. The van der Waals surface area contributed by atoms with E-state index in [1.165, 1.54) is 83.5 Å². The van der Waals surface area contributed by atoms with Gasteiger partial charge in [0, 0.05) is 25.7 Å². The summed E-state index contributed by atoms with van der Waals surface area (Å²) in [7, 11) is -9.97. The number of rotatable bonds is 77. The maximum atomic E-state index is 13.1. The fraction of sp³-hybridized carbons (Fsp3) is 0.741. The van der Waals surface area contributed by atoms with E-state index in [2.05, 4.69) is 137 Å². The average molecular weight is 1500 g/mol. The summed E-state index contributed by atoms with van der Waals surface area (Å²) in [5.74, 6) is -2.22. The summed E-state index contributed by atoms with van der Waals surface area (Å²) >= 11 is 0. The van der Waals surface area contributed by atoms with Crippen molar-refractivity contribution in [1.82, 2.24) is 0 Å². The summed E-state index contributed by atoms with van der Waals surface area (Å²) in [4.78, 5) is 73.1. The maximum absolute atomic E-state index is 13.1. The van der Waals surface area contributed by atoms with Gasteiger partial charge in [0.15, 0.2) is 12.2 Å². The first-order valence-corrected chi connectivity index (χ1v) is 44.1. The second-order valence-electron chi connectivity index (χ2n) is 27.3. The van der Waals surface area contributed by atoms with Crippen molar-refractivity contribution in [2.45, 2.75) is 367 Å². The SMILES string of the molecule is CC/C=C\C/C=C\C/C=C\C/C=C\C/C=C\CCCCCC(=O)OC[C@H](COP(=O)(O)OC[C@@H](O)COP(=O)(O)OC[C@@H](COC(=O)CCCCCCCCC/C=C\CCCCCC)OC(=O)CCCCCCCCC/C=C\CCCCCC)OC(=O)CCCCCCC/C=C\C/C=C\CCCCC. The smallest absolute Gasteiger partial charge is 0.462 e. The van der Waals surface area contributed by atoms with E-state index < -0.39 is 97.5 Å². The van der Waals surface area contributed by atoms with Crippen LogP contribution in [0.4, 0.5) is 0 Å². The maximum Gasteiger partial charge on any atom is 0.472 e. The van der Waals surface area contributed by atoms with E-state index in [0.717, 1.165) is 186 Å². The molecule has 3 N–H and O–H groups in total. The van der Waals surface area contributed by atoms with Crippen LogP contribution >= 0.6 is 15.6 Å². The van der Waals surface area contributed by atoms with Gasteiger partial charge in [-0.25, -0.2) is 9.13 Å². The van der Waals surface area contributed by atoms with Gasteiger partial charge in [0.1, 0.15) is 19.3 Å². The lowest BCUT2D eigenvalue weighted by atomic mass is 10.1. The monoisotopic (exact) mass is 1500 g/mol. The van der Waals surface area contributed by atoms with E-state index >= 15 is 0 Å². The van der Waals surface area contributed by atoms with Gasteiger partial charge in [-0.2, -0.15) is 0 Å². The molecule has 0 aromatic carbocycles. The number of allylic oxidation sites excluding steroid dienone is 18. The fourth-order valence-electron chi connectivity index (χ4n) is 10.9. The Kier molecular flexibility index (Phi) is 73.7. The Labute approximate surface area is 632 Å². The van der Waals surface area contributed by atoms with Gasteiger partial charge >= 0.3 is 39.5 Å². The highest BCUT2D eigenvalue weighted by Crippen LogP contribution is 2.45. The third kappa shape index (κ3) is 75.9. The van der Waals surface area contributed by atoms with Crippen LogP contribution in [0.25, 0.3) is 0 Å². The molecule has 5 atom stereocenters. The van der Waals surface area contributed by atoms with E-state index in [1.807, 2.05) is 0 Å². The molecule has 0 spiro atoms. The lowest BCUT2D eigenvalue weighted by molar-refractivity contribution is -0.161. The topological polar surface area (TPSA) is 237 Å². The minimum atomic E-state index is -4.99. The molecule has 0 fully saturated rings. The predicted molar refractivity (Wildman–Crippen MR) is 427 cm³/mol. The molecule has 104 heavy (non-hydrogen) atoms. The summed E-state index contributed by atoms with van der Waals surface area (Å²) in [6.07, 6.45) is 83.4. The second-order valence-corrected chi connectivity index (χ2v) is 30.2. The summed E-state index contributed by atoms with van der Waals surface area (Å²) in [6.45, 7) is 4.69. The van der Waals surface area contributed by atoms with Gasteiger partial charge in [-0.05, 0) is 154 Å². The predicted octanol–water partition coefficient (Wildman–Crippen LogP) is 24.1. The largest absolute Gasteiger partial charge is 0.472 e. The summed E-state index contributed by atoms with van der Waals surface area (Å²) in [5, 5.41) is 10.7. The zero-order valence-corrected chi connectivity index (χ0v) is 67.5. The van der Waals surface area contributed by atoms with E-state index in [1.54, 1.807) is 0 Å². The molecule has 19 heteroatoms. The molecule has 0 heterocycles. The van der Waals surface area contributed by atoms with Crippen LogP contribution in [0.15, 0.2) is 109 Å². The molecule has 0 aromatic heterocycles. The number of carbonyl (C=O) groups excluding carboxylic acids is 4. The number of phosphoric ester groups is 2. The van der Waals surface area contributed by atoms with Crippen LogP contribution in [0.1, 0.15) is 349 Å². The van der Waals surface area contributed by atoms with Crippen molar-refractivity contribution in [3.63, 3.8) is 0 Å². The number of phosphoric acid groups is 2. The number of hydrogen-bond acceptors (Lipinski definition) is 15. The molecule has 0 aromatic rings. The number of ether oxygens (including phenoxy) is 4. The molecule has 0 saturated carbocycles. The highest BCUT2D eigenvalue weighted by molar-refractivity contribution is 7.47. The van der Waals surface area contributed by atoms with Crippen molar-refractivity contribution in [3.8, 4) is 0 Å². The van der Waals surface area contributed by atoms with Gasteiger partial charge in [-0.15, -0.1) is 0 Å². The first-order chi connectivity index (χ1) is 50.7. The number of aliphatic hydroxyl groups excluding tert-OH is 1. The van der Waals surface area contributed by atoms with Crippen molar-refractivity contribution < 1.29 is 80.2 Å². The lowest BCUT2D eigenvalue weighted by Gasteiger charge is -2.21. The molecule has 0 amide bonds. The van der Waals surface area contributed by atoms with E-state index in [-0.39, 0.29) is 25.7 Å². The third-order valence-corrected chi connectivity index (χ3v) is 19.1. The minimum Gasteiger partial charge on any atom is -0.462 e. The van der Waals surface area contributed by atoms with E-state index in [0.29, 0.717) is 25.7 Å². The molecule has 2 unspecified atom stereocenters. The third-order valence-electron chi connectivity index (χ3n) is 17.2. The number of hydrogen-bond donors (Lipinski definition) is 3. The van der Waals surface area contributed by atoms with Gasteiger partial charge in [0.25, 0.3) is 0 Å². The van der Waals surface area contributed by atoms with Crippen LogP contribution in [0.2, 0.25) is 0 Å². The number of unbranched alkanes of at least 4 members (excludes halogenated alkanes) is 33. The van der Waals surface area contributed by atoms with Crippen LogP contribution in [-0.2, 0) is 65.4 Å². The van der Waals surface area contributed by atoms with Gasteiger partial charge in [-0.3, -0.25) is 37.3 Å². The Hall–Kier alpha value is -4.28. The molecule has 600 valence electrons. The molecular weight excluding hydrogens is 1350 g/mol. The summed E-state index contributed by atoms with van der Waals surface area (Å²) in [5.41, 5.74) is 0. The molecule has 0 radical (unpaired) electrons. The van der Waals surface area contributed by atoms with Gasteiger partial charge in [0.2, 0.25) is 0 Å². The standard InChI is InChI=1S/C85H148O17P2/c1-5-9-13-17-21-25-29-33-37-38-39-40-44-46-50-54-58-62-66-70-83(88)96-76-81(102-85(90)72-68-64-60-56-52-48-43-36-32-28-24-20-16-12-8-4)78-100-104(93,94)98-74-79(86)73-97-103(91,92)99-77-80(101-84(89)71-67-63-59-55-51-47-42-35-31-27-23-19-15-11-7-3)75-95-82(87)69-65-61-57-53-49-45-41-34-30-26-22-18-14-10-6-2/h9,13,21,24-28,30-31,33,36-37,39-40,43,46,50,79-81,86H,5-8,10-12,14-20,22-23,29,32,34-35,38,41-42,44-45,47-49,51-78H2,1-4H3,(H,91,92)(H,93,94)/b13-9-,25-21-,28-24-,30-26-,31-27-,37-33-,40-39-,43-36-,50-46-/t79-,80+,81+/m0/s1. The average Bonchev–Trinajstić information content (AvgIpc) is 0.918. The fourth-order valence-corrected chi connectivity index (χ4v) is 12.5. The van der Waals surface area contributed by atoms with Crippen LogP contribution < -0.4 is 0 Å².